The van der Waals surface area contributed by atoms with Crippen LogP contribution in [0.1, 0.15) is 35.3 Å². The maximum atomic E-state index is 12.8. The monoisotopic (exact) mass is 787 g/mol. The molecule has 0 aliphatic rings. The van der Waals surface area contributed by atoms with Crippen molar-refractivity contribution in [2.24, 2.45) is 0 Å². The minimum atomic E-state index is -4.27. The molecule has 0 aliphatic heterocycles. The van der Waals surface area contributed by atoms with E-state index in [-0.39, 0.29) is 16.7 Å². The number of carbonyl (C=O) groups is 2. The normalized spacial score (nSPS) is 11.1. The van der Waals surface area contributed by atoms with Gasteiger partial charge < -0.3 is 26.7 Å². The van der Waals surface area contributed by atoms with Gasteiger partial charge >= 0.3 is 11.9 Å². The molecule has 57 heavy (non-hydrogen) atoms. The average molecular weight is 788 g/mol. The number of anilines is 6. The molecule has 6 aromatic rings. The second-order valence-corrected chi connectivity index (χ2v) is 14.1. The molecular weight excluding hydrogens is 745 g/mol. The Labute approximate surface area is 330 Å². The average Bonchev–Trinajstić information content (AvgIpc) is 3.18. The van der Waals surface area contributed by atoms with Crippen LogP contribution in [0.4, 0.5) is 34.9 Å². The molecule has 0 bridgehead atoms. The van der Waals surface area contributed by atoms with Gasteiger partial charge in [0.05, 0.1) is 41.5 Å². The lowest BCUT2D eigenvalue weighted by Gasteiger charge is -2.09. The molecule has 0 saturated heterocycles. The molecule has 2 heterocycles. The number of nitrogens with zero attached hydrogens (tertiary/aromatic N) is 4. The number of carbonyl (C=O) groups excluding carboxylic acids is 2. The van der Waals surface area contributed by atoms with E-state index < -0.39 is 10.1 Å². The zero-order valence-corrected chi connectivity index (χ0v) is 32.3. The number of nitrogen functional groups attached to an aromatic ring is 4. The van der Waals surface area contributed by atoms with Gasteiger partial charge in [-0.15, -0.1) is 0 Å². The number of hydrogen-bond donors (Lipinski definition) is 6. The molecule has 0 saturated carbocycles. The third-order valence-electron chi connectivity index (χ3n) is 8.69. The Morgan fingerprint density at radius 2 is 1.14 bits per heavy atom. The van der Waals surface area contributed by atoms with Gasteiger partial charge in [0.25, 0.3) is 5.91 Å². The summed E-state index contributed by atoms with van der Waals surface area (Å²) in [6, 6.07) is 27.3. The Morgan fingerprint density at radius 1 is 0.684 bits per heavy atom. The van der Waals surface area contributed by atoms with Crippen LogP contribution in [0.5, 0.6) is 0 Å². The lowest BCUT2D eigenvalue weighted by atomic mass is 10.1. The lowest BCUT2D eigenvalue weighted by Crippen LogP contribution is -2.37. The fourth-order valence-electron chi connectivity index (χ4n) is 5.50. The van der Waals surface area contributed by atoms with Crippen LogP contribution < -0.4 is 42.7 Å². The minimum absolute atomic E-state index is 0.178. The summed E-state index contributed by atoms with van der Waals surface area (Å²) >= 11 is 0. The van der Waals surface area contributed by atoms with Crippen molar-refractivity contribution in [2.45, 2.75) is 38.8 Å². The summed E-state index contributed by atoms with van der Waals surface area (Å²) in [5.74, 6) is 0.819. The van der Waals surface area contributed by atoms with Crippen molar-refractivity contribution in [3.63, 3.8) is 0 Å². The van der Waals surface area contributed by atoms with Crippen LogP contribution >= 0.6 is 0 Å². The van der Waals surface area contributed by atoms with Crippen LogP contribution in [0.3, 0.4) is 0 Å². The summed E-state index contributed by atoms with van der Waals surface area (Å²) in [5, 5.41) is 5.74. The lowest BCUT2D eigenvalue weighted by molar-refractivity contribution is -0.681. The van der Waals surface area contributed by atoms with Gasteiger partial charge in [-0.2, -0.15) is 0 Å². The standard InChI is InChI=1S/C34H34N10O2.C7H8O3S/c1-3-43-19-27(30(35)41-33(43)37)22-10-14-25(15-11-22)39-29(45)18-7-21-5-8-24(9-6-21)32(46)40-26-16-12-23(13-17-26)28-20-44(4-2)34(38)42-31(28)36;1-6-2-4-7(5-3-6)11(8,9)10/h5-20H,3-4H2,1-2H3,(H8,35,36,37,38,39,40,41,42,45,46);2-5H,1H3,(H,8,9,10)/p+1/b18-7-;. The molecule has 0 fully saturated rings. The van der Waals surface area contributed by atoms with Crippen molar-refractivity contribution in [1.82, 2.24) is 9.97 Å². The largest absolute Gasteiger partial charge is 0.744 e. The highest BCUT2D eigenvalue weighted by Gasteiger charge is 2.16. The quantitative estimate of drug-likeness (QED) is 0.0638. The third kappa shape index (κ3) is 10.7. The first-order valence-electron chi connectivity index (χ1n) is 17.7. The number of rotatable bonds is 10. The molecule has 0 aliphatic carbocycles. The van der Waals surface area contributed by atoms with E-state index in [0.717, 1.165) is 33.4 Å². The van der Waals surface area contributed by atoms with Gasteiger partial charge in [-0.05, 0) is 92.1 Å². The van der Waals surface area contributed by atoms with Crippen molar-refractivity contribution < 1.29 is 31.7 Å². The molecule has 292 valence electrons. The number of nitrogens with two attached hydrogens (primary N) is 4. The number of benzene rings is 4. The van der Waals surface area contributed by atoms with E-state index in [2.05, 4.69) is 20.6 Å². The maximum absolute atomic E-state index is 12.8. The summed E-state index contributed by atoms with van der Waals surface area (Å²) < 4.78 is 34.8. The Kier molecular flexibility index (Phi) is 12.9. The van der Waals surface area contributed by atoms with E-state index in [0.29, 0.717) is 53.6 Å². The first-order chi connectivity index (χ1) is 27.1. The molecule has 15 nitrogen and oxygen atoms in total. The highest BCUT2D eigenvalue weighted by atomic mass is 32.2. The van der Waals surface area contributed by atoms with Crippen molar-refractivity contribution in [3.8, 4) is 22.3 Å². The number of aromatic nitrogens is 4. The Hall–Kier alpha value is -7.17. The van der Waals surface area contributed by atoms with Crippen molar-refractivity contribution in [2.75, 3.05) is 33.6 Å². The van der Waals surface area contributed by atoms with Gasteiger partial charge in [0.15, 0.2) is 0 Å². The topological polar surface area (TPSA) is 253 Å². The Bertz CT molecular complexity index is 2530. The molecule has 0 spiro atoms. The molecule has 0 radical (unpaired) electrons. The van der Waals surface area contributed by atoms with Crippen LogP contribution in [-0.4, -0.2) is 34.8 Å². The van der Waals surface area contributed by atoms with Gasteiger partial charge in [-0.3, -0.25) is 21.1 Å². The number of aryl methyl sites for hydroxylation is 3. The van der Waals surface area contributed by atoms with E-state index in [1.54, 1.807) is 66.7 Å². The first kappa shape index (κ1) is 41.0. The van der Waals surface area contributed by atoms with Crippen LogP contribution in [0.15, 0.2) is 120 Å². The van der Waals surface area contributed by atoms with Crippen molar-refractivity contribution in [3.05, 3.63) is 132 Å². The molecule has 0 atom stereocenters. The molecule has 4 aromatic carbocycles. The molecular formula is C41H43N10O5S+. The maximum Gasteiger partial charge on any atom is 0.391 e. The molecule has 10 N–H and O–H groups in total. The SMILES string of the molecule is CC[n+]1cc(-c2ccc(NC(=O)/C=C\c3ccc(C(=O)Nc4ccc(-c5c[n+](CC)c(N)nc5N)cc4)cc3)cc2)c(N)nc1N.Cc1ccc(S(=O)(=O)[O-])cc1. The molecule has 2 amide bonds. The van der Waals surface area contributed by atoms with Gasteiger partial charge in [-0.1, -0.05) is 64.1 Å². The second-order valence-electron chi connectivity index (χ2n) is 12.7. The highest BCUT2D eigenvalue weighted by molar-refractivity contribution is 7.85. The van der Waals surface area contributed by atoms with Crippen molar-refractivity contribution in [1.29, 1.82) is 0 Å². The summed E-state index contributed by atoms with van der Waals surface area (Å²) in [4.78, 5) is 33.6. The van der Waals surface area contributed by atoms with E-state index >= 15 is 0 Å². The number of amides is 2. The minimum Gasteiger partial charge on any atom is -0.744 e. The van der Waals surface area contributed by atoms with E-state index in [1.807, 2.05) is 66.6 Å². The summed E-state index contributed by atoms with van der Waals surface area (Å²) in [6.45, 7) is 7.09. The highest BCUT2D eigenvalue weighted by Crippen LogP contribution is 2.26. The fourth-order valence-corrected chi connectivity index (χ4v) is 5.97. The zero-order chi connectivity index (χ0) is 41.3. The zero-order valence-electron chi connectivity index (χ0n) is 31.5. The van der Waals surface area contributed by atoms with Crippen LogP contribution in [0.2, 0.25) is 0 Å². The molecule has 0 unspecified atom stereocenters. The Balaban J connectivity index is 0.000000486. The van der Waals surface area contributed by atoms with Gasteiger partial charge in [0.1, 0.15) is 10.1 Å². The molecule has 16 heteroatoms. The summed E-state index contributed by atoms with van der Waals surface area (Å²) in [6.07, 6.45) is 6.83. The van der Waals surface area contributed by atoms with Crippen LogP contribution in [0, 0.1) is 6.92 Å². The fraction of sp³-hybridized carbons (Fsp3) is 0.122. The smallest absolute Gasteiger partial charge is 0.391 e. The predicted molar refractivity (Wildman–Crippen MR) is 220 cm³/mol. The number of hydrogen-bond acceptors (Lipinski definition) is 11. The number of nitrogens with one attached hydrogen (secondary N) is 2. The van der Waals surface area contributed by atoms with E-state index in [4.69, 9.17) is 22.9 Å². The van der Waals surface area contributed by atoms with Crippen LogP contribution in [-0.2, 0) is 28.0 Å². The van der Waals surface area contributed by atoms with E-state index in [9.17, 15) is 22.6 Å². The summed E-state index contributed by atoms with van der Waals surface area (Å²) in [5.41, 5.74) is 30.6. The Morgan fingerprint density at radius 3 is 1.58 bits per heavy atom. The van der Waals surface area contributed by atoms with Crippen LogP contribution in [0.25, 0.3) is 28.3 Å². The van der Waals surface area contributed by atoms with Gasteiger partial charge in [0, 0.05) is 23.0 Å². The van der Waals surface area contributed by atoms with Crippen molar-refractivity contribution >= 4 is 62.9 Å². The van der Waals surface area contributed by atoms with Gasteiger partial charge in [0.2, 0.25) is 17.5 Å². The molecule has 6 rings (SSSR count). The first-order valence-corrected chi connectivity index (χ1v) is 19.1. The molecule has 2 aromatic heterocycles. The predicted octanol–water partition coefficient (Wildman–Crippen LogP) is 4.56. The third-order valence-corrected chi connectivity index (χ3v) is 9.54. The summed E-state index contributed by atoms with van der Waals surface area (Å²) in [7, 11) is -4.27. The van der Waals surface area contributed by atoms with Gasteiger partial charge in [-0.25, -0.2) is 17.6 Å². The van der Waals surface area contributed by atoms with E-state index in [1.165, 1.54) is 18.2 Å². The second kappa shape index (κ2) is 18.0.